The van der Waals surface area contributed by atoms with Gasteiger partial charge in [0.2, 0.25) is 0 Å². The van der Waals surface area contributed by atoms with Gasteiger partial charge < -0.3 is 9.67 Å². The Kier molecular flexibility index (Phi) is 3.12. The van der Waals surface area contributed by atoms with Crippen LogP contribution < -0.4 is 0 Å². The van der Waals surface area contributed by atoms with E-state index in [1.165, 1.54) is 0 Å². The van der Waals surface area contributed by atoms with Gasteiger partial charge in [-0.05, 0) is 12.3 Å². The van der Waals surface area contributed by atoms with Crippen LogP contribution in [-0.2, 0) is 17.8 Å². The lowest BCUT2D eigenvalue weighted by Crippen LogP contribution is -2.18. The van der Waals surface area contributed by atoms with Crippen molar-refractivity contribution in [1.82, 2.24) is 14.8 Å². The summed E-state index contributed by atoms with van der Waals surface area (Å²) in [5, 5.41) is 16.7. The molecule has 0 amide bonds. The normalized spacial score (nSPS) is 11.7. The van der Waals surface area contributed by atoms with Crippen molar-refractivity contribution in [2.75, 3.05) is 0 Å². The smallest absolute Gasteiger partial charge is 0.323 e. The molecule has 0 aliphatic rings. The van der Waals surface area contributed by atoms with Crippen molar-refractivity contribution in [3.63, 3.8) is 0 Å². The molecule has 0 saturated heterocycles. The molecule has 0 aromatic carbocycles. The Balaban J connectivity index is 2.93. The van der Waals surface area contributed by atoms with Gasteiger partial charge in [-0.1, -0.05) is 20.8 Å². The third-order valence-corrected chi connectivity index (χ3v) is 1.99. The molecular weight excluding hydrogens is 194 g/mol. The summed E-state index contributed by atoms with van der Waals surface area (Å²) >= 11 is 0. The van der Waals surface area contributed by atoms with E-state index in [9.17, 15) is 4.79 Å². The summed E-state index contributed by atoms with van der Waals surface area (Å²) in [7, 11) is 0. The standard InChI is InChI=1S/C10H17N3O2/c1-7-11-12-8(5-10(2,3)4)13(7)6-9(14)15/h5-6H2,1-4H3,(H,14,15). The van der Waals surface area contributed by atoms with Gasteiger partial charge in [0, 0.05) is 6.42 Å². The van der Waals surface area contributed by atoms with Crippen LogP contribution in [0.25, 0.3) is 0 Å². The zero-order valence-corrected chi connectivity index (χ0v) is 9.61. The molecule has 1 aromatic heterocycles. The predicted molar refractivity (Wildman–Crippen MR) is 55.6 cm³/mol. The minimum atomic E-state index is -0.868. The SMILES string of the molecule is Cc1nnc(CC(C)(C)C)n1CC(=O)O. The Labute approximate surface area is 89.1 Å². The highest BCUT2D eigenvalue weighted by Gasteiger charge is 2.18. The largest absolute Gasteiger partial charge is 0.480 e. The number of aliphatic carboxylic acids is 1. The van der Waals surface area contributed by atoms with Gasteiger partial charge in [0.05, 0.1) is 0 Å². The van der Waals surface area contributed by atoms with Gasteiger partial charge in [-0.25, -0.2) is 0 Å². The van der Waals surface area contributed by atoms with Crippen molar-refractivity contribution in [1.29, 1.82) is 0 Å². The first kappa shape index (κ1) is 11.7. The summed E-state index contributed by atoms with van der Waals surface area (Å²) in [6, 6.07) is 0. The Bertz CT molecular complexity index is 363. The molecule has 1 N–H and O–H groups in total. The Hall–Kier alpha value is -1.39. The fourth-order valence-electron chi connectivity index (χ4n) is 1.37. The van der Waals surface area contributed by atoms with Crippen LogP contribution in [0.2, 0.25) is 0 Å². The molecule has 1 heterocycles. The Morgan fingerprint density at radius 1 is 1.40 bits per heavy atom. The molecule has 0 aliphatic carbocycles. The van der Waals surface area contributed by atoms with Gasteiger partial charge in [0.25, 0.3) is 0 Å². The lowest BCUT2D eigenvalue weighted by molar-refractivity contribution is -0.137. The highest BCUT2D eigenvalue weighted by Crippen LogP contribution is 2.19. The first-order chi connectivity index (χ1) is 6.79. The van der Waals surface area contributed by atoms with Crippen LogP contribution in [0.1, 0.15) is 32.4 Å². The van der Waals surface area contributed by atoms with Gasteiger partial charge in [-0.15, -0.1) is 10.2 Å². The van der Waals surface area contributed by atoms with Crippen molar-refractivity contribution in [3.05, 3.63) is 11.6 Å². The zero-order chi connectivity index (χ0) is 11.6. The number of nitrogens with zero attached hydrogens (tertiary/aromatic N) is 3. The minimum absolute atomic E-state index is 0.0652. The van der Waals surface area contributed by atoms with E-state index in [2.05, 4.69) is 31.0 Å². The number of rotatable bonds is 3. The summed E-state index contributed by atoms with van der Waals surface area (Å²) in [5.74, 6) is 0.520. The fraction of sp³-hybridized carbons (Fsp3) is 0.700. The fourth-order valence-corrected chi connectivity index (χ4v) is 1.37. The van der Waals surface area contributed by atoms with E-state index >= 15 is 0 Å². The van der Waals surface area contributed by atoms with Gasteiger partial charge in [0.15, 0.2) is 0 Å². The highest BCUT2D eigenvalue weighted by molar-refractivity contribution is 5.66. The predicted octanol–water partition coefficient (Wildman–Crippen LogP) is 1.26. The van der Waals surface area contributed by atoms with Crippen LogP contribution in [0, 0.1) is 12.3 Å². The van der Waals surface area contributed by atoms with Gasteiger partial charge in [-0.3, -0.25) is 4.79 Å². The van der Waals surface area contributed by atoms with Crippen LogP contribution in [0.15, 0.2) is 0 Å². The third kappa shape index (κ3) is 3.34. The number of aromatic nitrogens is 3. The third-order valence-electron chi connectivity index (χ3n) is 1.99. The van der Waals surface area contributed by atoms with Crippen molar-refractivity contribution >= 4 is 5.97 Å². The van der Waals surface area contributed by atoms with E-state index in [1.54, 1.807) is 11.5 Å². The molecule has 0 bridgehead atoms. The maximum atomic E-state index is 10.7. The van der Waals surface area contributed by atoms with Crippen molar-refractivity contribution < 1.29 is 9.90 Å². The molecule has 0 atom stereocenters. The Morgan fingerprint density at radius 3 is 2.47 bits per heavy atom. The first-order valence-corrected chi connectivity index (χ1v) is 4.90. The molecule has 5 heteroatoms. The second-order valence-electron chi connectivity index (χ2n) is 4.88. The lowest BCUT2D eigenvalue weighted by Gasteiger charge is -2.17. The first-order valence-electron chi connectivity index (χ1n) is 4.90. The van der Waals surface area contributed by atoms with Gasteiger partial charge >= 0.3 is 5.97 Å². The van der Waals surface area contributed by atoms with Crippen LogP contribution >= 0.6 is 0 Å². The second kappa shape index (κ2) is 4.00. The molecule has 84 valence electrons. The number of carboxylic acids is 1. The molecule has 0 radical (unpaired) electrons. The van der Waals surface area contributed by atoms with E-state index in [1.807, 2.05) is 0 Å². The molecule has 15 heavy (non-hydrogen) atoms. The van der Waals surface area contributed by atoms with Gasteiger partial charge in [0.1, 0.15) is 18.2 Å². The molecule has 0 aliphatic heterocycles. The maximum absolute atomic E-state index is 10.7. The van der Waals surface area contributed by atoms with Crippen LogP contribution in [0.3, 0.4) is 0 Å². The molecule has 0 saturated carbocycles. The number of hydrogen-bond acceptors (Lipinski definition) is 3. The van der Waals surface area contributed by atoms with Crippen molar-refractivity contribution in [2.24, 2.45) is 5.41 Å². The summed E-state index contributed by atoms with van der Waals surface area (Å²) < 4.78 is 1.65. The van der Waals surface area contributed by atoms with E-state index in [4.69, 9.17) is 5.11 Å². The van der Waals surface area contributed by atoms with E-state index in [0.717, 1.165) is 12.2 Å². The topological polar surface area (TPSA) is 68.0 Å². The van der Waals surface area contributed by atoms with Crippen LogP contribution in [-0.4, -0.2) is 25.8 Å². The zero-order valence-electron chi connectivity index (χ0n) is 9.61. The monoisotopic (exact) mass is 211 g/mol. The second-order valence-corrected chi connectivity index (χ2v) is 4.88. The van der Waals surface area contributed by atoms with Gasteiger partial charge in [-0.2, -0.15) is 0 Å². The average molecular weight is 211 g/mol. The van der Waals surface area contributed by atoms with Crippen LogP contribution in [0.4, 0.5) is 0 Å². The molecule has 1 aromatic rings. The van der Waals surface area contributed by atoms with Crippen molar-refractivity contribution in [2.45, 2.75) is 40.7 Å². The Morgan fingerprint density at radius 2 is 2.00 bits per heavy atom. The number of aryl methyl sites for hydroxylation is 1. The quantitative estimate of drug-likeness (QED) is 0.817. The molecule has 0 fully saturated rings. The lowest BCUT2D eigenvalue weighted by atomic mass is 9.92. The van der Waals surface area contributed by atoms with E-state index < -0.39 is 5.97 Å². The maximum Gasteiger partial charge on any atom is 0.323 e. The minimum Gasteiger partial charge on any atom is -0.480 e. The molecule has 0 unspecified atom stereocenters. The van der Waals surface area contributed by atoms with E-state index in [0.29, 0.717) is 5.82 Å². The summed E-state index contributed by atoms with van der Waals surface area (Å²) in [4.78, 5) is 10.7. The number of hydrogen-bond donors (Lipinski definition) is 1. The van der Waals surface area contributed by atoms with E-state index in [-0.39, 0.29) is 12.0 Å². The average Bonchev–Trinajstić information content (AvgIpc) is 2.32. The van der Waals surface area contributed by atoms with Crippen LogP contribution in [0.5, 0.6) is 0 Å². The number of carboxylic acid groups (broad SMARTS) is 1. The summed E-state index contributed by atoms with van der Waals surface area (Å²) in [5.41, 5.74) is 0.0791. The summed E-state index contributed by atoms with van der Waals surface area (Å²) in [6.45, 7) is 7.96. The number of carbonyl (C=O) groups is 1. The molecule has 0 spiro atoms. The molecule has 5 nitrogen and oxygen atoms in total. The highest BCUT2D eigenvalue weighted by atomic mass is 16.4. The van der Waals surface area contributed by atoms with Crippen molar-refractivity contribution in [3.8, 4) is 0 Å². The summed E-state index contributed by atoms with van der Waals surface area (Å²) in [6.07, 6.45) is 0.723. The molecular formula is C10H17N3O2. The molecule has 1 rings (SSSR count).